The maximum Gasteiger partial charge on any atom is 0.261 e. The van der Waals surface area contributed by atoms with E-state index in [9.17, 15) is 18.3 Å². The van der Waals surface area contributed by atoms with E-state index in [0.29, 0.717) is 4.88 Å². The van der Waals surface area contributed by atoms with Crippen LogP contribution in [0.15, 0.2) is 18.2 Å². The summed E-state index contributed by atoms with van der Waals surface area (Å²) < 4.78 is 24.7. The van der Waals surface area contributed by atoms with E-state index in [2.05, 4.69) is 15.0 Å². The normalized spacial score (nSPS) is 11.2. The third kappa shape index (κ3) is 3.87. The molecule has 2 rings (SSSR count). The van der Waals surface area contributed by atoms with Gasteiger partial charge in [0, 0.05) is 4.88 Å². The highest BCUT2D eigenvalue weighted by molar-refractivity contribution is 7.92. The Morgan fingerprint density at radius 1 is 1.41 bits per heavy atom. The summed E-state index contributed by atoms with van der Waals surface area (Å²) in [4.78, 5) is 16.7. The number of aromatic nitrogens is 1. The number of thiazole rings is 1. The second-order valence-corrected chi connectivity index (χ2v) is 7.75. The van der Waals surface area contributed by atoms with E-state index >= 15 is 0 Å². The van der Waals surface area contributed by atoms with Crippen LogP contribution in [0.2, 0.25) is 5.02 Å². The molecule has 0 bridgehead atoms. The molecule has 0 saturated carbocycles. The van der Waals surface area contributed by atoms with Crippen molar-refractivity contribution in [3.8, 4) is 5.75 Å². The van der Waals surface area contributed by atoms with Crippen molar-refractivity contribution >= 4 is 49.8 Å². The monoisotopic (exact) mass is 361 g/mol. The fourth-order valence-electron chi connectivity index (χ4n) is 1.58. The van der Waals surface area contributed by atoms with Gasteiger partial charge in [-0.05, 0) is 19.1 Å². The van der Waals surface area contributed by atoms with E-state index in [4.69, 9.17) is 11.6 Å². The van der Waals surface area contributed by atoms with Gasteiger partial charge in [0.25, 0.3) is 5.91 Å². The summed E-state index contributed by atoms with van der Waals surface area (Å²) in [6.07, 6.45) is 1.01. The number of sulfonamides is 1. The van der Waals surface area contributed by atoms with Gasteiger partial charge in [-0.2, -0.15) is 0 Å². The van der Waals surface area contributed by atoms with Crippen LogP contribution in [0.3, 0.4) is 0 Å². The standard InChI is InChI=1S/C12H12ClN3O4S2/c1-6-10(16-22(2,19)20)14-12(21-6)15-11(18)7-4-3-5-8(13)9(7)17/h3-5,16-17H,1-2H3,(H,14,15,18). The van der Waals surface area contributed by atoms with Crippen molar-refractivity contribution in [2.45, 2.75) is 6.92 Å². The van der Waals surface area contributed by atoms with Gasteiger partial charge in [-0.15, -0.1) is 0 Å². The molecule has 10 heteroatoms. The zero-order valence-corrected chi connectivity index (χ0v) is 13.9. The minimum atomic E-state index is -3.46. The molecule has 0 radical (unpaired) electrons. The zero-order chi connectivity index (χ0) is 16.5. The number of hydrogen-bond acceptors (Lipinski definition) is 6. The fraction of sp³-hybridized carbons (Fsp3) is 0.167. The minimum Gasteiger partial charge on any atom is -0.506 e. The number of hydrogen-bond donors (Lipinski definition) is 3. The van der Waals surface area contributed by atoms with Crippen molar-refractivity contribution < 1.29 is 18.3 Å². The third-order valence-electron chi connectivity index (χ3n) is 2.53. The minimum absolute atomic E-state index is 0.00187. The number of carbonyl (C=O) groups is 1. The number of phenols is 1. The SMILES string of the molecule is Cc1sc(NC(=O)c2cccc(Cl)c2O)nc1NS(C)(=O)=O. The molecule has 0 aliphatic heterocycles. The van der Waals surface area contributed by atoms with Crippen LogP contribution in [0.1, 0.15) is 15.2 Å². The Morgan fingerprint density at radius 2 is 2.09 bits per heavy atom. The molecule has 22 heavy (non-hydrogen) atoms. The molecular weight excluding hydrogens is 350 g/mol. The molecular formula is C12H12ClN3O4S2. The van der Waals surface area contributed by atoms with Crippen LogP contribution in [0.4, 0.5) is 10.9 Å². The average Bonchev–Trinajstić information content (AvgIpc) is 2.70. The molecule has 2 aromatic rings. The van der Waals surface area contributed by atoms with Crippen molar-refractivity contribution in [2.75, 3.05) is 16.3 Å². The number of phenolic OH excluding ortho intramolecular Hbond substituents is 1. The quantitative estimate of drug-likeness (QED) is 0.775. The first kappa shape index (κ1) is 16.5. The number of rotatable bonds is 4. The van der Waals surface area contributed by atoms with E-state index in [-0.39, 0.29) is 27.3 Å². The molecule has 0 saturated heterocycles. The Morgan fingerprint density at radius 3 is 2.73 bits per heavy atom. The van der Waals surface area contributed by atoms with Gasteiger partial charge in [0.1, 0.15) is 5.75 Å². The number of benzene rings is 1. The Labute approximate surface area is 136 Å². The van der Waals surface area contributed by atoms with E-state index in [1.165, 1.54) is 18.2 Å². The van der Waals surface area contributed by atoms with Crippen LogP contribution in [-0.2, 0) is 10.0 Å². The Kier molecular flexibility index (Phi) is 4.59. The molecule has 1 amide bonds. The summed E-state index contributed by atoms with van der Waals surface area (Å²) in [7, 11) is -3.46. The molecule has 0 spiro atoms. The van der Waals surface area contributed by atoms with Crippen molar-refractivity contribution in [1.29, 1.82) is 0 Å². The van der Waals surface area contributed by atoms with Crippen molar-refractivity contribution in [3.05, 3.63) is 33.7 Å². The lowest BCUT2D eigenvalue weighted by molar-refractivity contribution is 0.102. The number of carbonyl (C=O) groups excluding carboxylic acids is 1. The summed E-state index contributed by atoms with van der Waals surface area (Å²) in [5, 5.41) is 12.5. The van der Waals surface area contributed by atoms with E-state index in [1.54, 1.807) is 6.92 Å². The summed E-state index contributed by atoms with van der Waals surface area (Å²) >= 11 is 6.85. The maximum atomic E-state index is 12.1. The molecule has 0 atom stereocenters. The second kappa shape index (κ2) is 6.11. The van der Waals surface area contributed by atoms with Gasteiger partial charge < -0.3 is 5.11 Å². The highest BCUT2D eigenvalue weighted by atomic mass is 35.5. The first-order chi connectivity index (χ1) is 10.2. The topological polar surface area (TPSA) is 108 Å². The predicted molar refractivity (Wildman–Crippen MR) is 86.4 cm³/mol. The first-order valence-corrected chi connectivity index (χ1v) is 9.00. The van der Waals surface area contributed by atoms with Gasteiger partial charge in [-0.3, -0.25) is 14.8 Å². The molecule has 0 unspecified atom stereocenters. The lowest BCUT2D eigenvalue weighted by Gasteiger charge is -2.05. The van der Waals surface area contributed by atoms with Gasteiger partial charge in [-0.1, -0.05) is 29.0 Å². The molecule has 1 aromatic carbocycles. The van der Waals surface area contributed by atoms with Gasteiger partial charge in [-0.25, -0.2) is 13.4 Å². The van der Waals surface area contributed by atoms with Crippen LogP contribution < -0.4 is 10.0 Å². The van der Waals surface area contributed by atoms with E-state index in [0.717, 1.165) is 17.6 Å². The zero-order valence-electron chi connectivity index (χ0n) is 11.5. The van der Waals surface area contributed by atoms with E-state index in [1.807, 2.05) is 0 Å². The number of para-hydroxylation sites is 1. The summed E-state index contributed by atoms with van der Waals surface area (Å²) in [5.74, 6) is -0.776. The molecule has 3 N–H and O–H groups in total. The van der Waals surface area contributed by atoms with Crippen LogP contribution in [0.25, 0.3) is 0 Å². The smallest absolute Gasteiger partial charge is 0.261 e. The molecule has 1 heterocycles. The number of halogens is 1. The molecule has 0 fully saturated rings. The third-order valence-corrected chi connectivity index (χ3v) is 4.29. The van der Waals surface area contributed by atoms with Crippen molar-refractivity contribution in [3.63, 3.8) is 0 Å². The average molecular weight is 362 g/mol. The van der Waals surface area contributed by atoms with Crippen LogP contribution in [0, 0.1) is 6.92 Å². The number of aryl methyl sites for hydroxylation is 1. The predicted octanol–water partition coefficient (Wildman–Crippen LogP) is 2.43. The number of nitrogens with one attached hydrogen (secondary N) is 2. The largest absolute Gasteiger partial charge is 0.506 e. The van der Waals surface area contributed by atoms with Gasteiger partial charge in [0.2, 0.25) is 10.0 Å². The fourth-order valence-corrected chi connectivity index (χ4v) is 3.14. The highest BCUT2D eigenvalue weighted by Crippen LogP contribution is 2.30. The molecule has 7 nitrogen and oxygen atoms in total. The van der Waals surface area contributed by atoms with E-state index < -0.39 is 15.9 Å². The maximum absolute atomic E-state index is 12.1. The Hall–Kier alpha value is -1.84. The van der Waals surface area contributed by atoms with Gasteiger partial charge >= 0.3 is 0 Å². The van der Waals surface area contributed by atoms with Crippen LogP contribution in [0.5, 0.6) is 5.75 Å². The molecule has 0 aliphatic rings. The highest BCUT2D eigenvalue weighted by Gasteiger charge is 2.17. The van der Waals surface area contributed by atoms with Gasteiger partial charge in [0.15, 0.2) is 10.9 Å². The Balaban J connectivity index is 2.22. The second-order valence-electron chi connectivity index (χ2n) is 4.39. The molecule has 0 aliphatic carbocycles. The molecule has 118 valence electrons. The summed E-state index contributed by atoms with van der Waals surface area (Å²) in [5.41, 5.74) is -0.00187. The van der Waals surface area contributed by atoms with Crippen LogP contribution >= 0.6 is 22.9 Å². The first-order valence-electron chi connectivity index (χ1n) is 5.91. The Bertz CT molecular complexity index is 833. The number of nitrogens with zero attached hydrogens (tertiary/aromatic N) is 1. The number of anilines is 2. The lowest BCUT2D eigenvalue weighted by atomic mass is 10.2. The van der Waals surface area contributed by atoms with Crippen molar-refractivity contribution in [1.82, 2.24) is 4.98 Å². The molecule has 1 aromatic heterocycles. The van der Waals surface area contributed by atoms with Gasteiger partial charge in [0.05, 0.1) is 16.8 Å². The lowest BCUT2D eigenvalue weighted by Crippen LogP contribution is -2.13. The summed E-state index contributed by atoms with van der Waals surface area (Å²) in [6.45, 7) is 1.66. The summed E-state index contributed by atoms with van der Waals surface area (Å²) in [6, 6.07) is 4.39. The number of aromatic hydroxyl groups is 1. The number of amides is 1. The van der Waals surface area contributed by atoms with Crippen molar-refractivity contribution in [2.24, 2.45) is 0 Å². The van der Waals surface area contributed by atoms with Crippen LogP contribution in [-0.4, -0.2) is 30.7 Å².